The van der Waals surface area contributed by atoms with E-state index in [0.717, 1.165) is 30.1 Å². The Hall–Kier alpha value is -1.56. The molecular weight excluding hydrogens is 348 g/mol. The van der Waals surface area contributed by atoms with Crippen molar-refractivity contribution in [1.82, 2.24) is 0 Å². The van der Waals surface area contributed by atoms with E-state index in [1.165, 1.54) is 68.1 Å². The Morgan fingerprint density at radius 1 is 0.724 bits per heavy atom. The zero-order valence-corrected chi connectivity index (χ0v) is 18.9. The molecule has 0 bridgehead atoms. The van der Waals surface area contributed by atoms with E-state index in [1.807, 2.05) is 0 Å². The zero-order valence-electron chi connectivity index (χ0n) is 18.9. The van der Waals surface area contributed by atoms with E-state index in [9.17, 15) is 0 Å². The molecule has 4 rings (SSSR count). The molecule has 0 heterocycles. The predicted molar refractivity (Wildman–Crippen MR) is 126 cm³/mol. The van der Waals surface area contributed by atoms with Crippen molar-refractivity contribution in [2.45, 2.75) is 90.4 Å². The minimum atomic E-state index is 0.579. The van der Waals surface area contributed by atoms with E-state index >= 15 is 0 Å². The van der Waals surface area contributed by atoms with Gasteiger partial charge >= 0.3 is 0 Å². The molecule has 2 aromatic carbocycles. The number of benzene rings is 2. The number of rotatable bonds is 5. The molecule has 0 unspecified atom stereocenters. The van der Waals surface area contributed by atoms with Crippen molar-refractivity contribution >= 4 is 0 Å². The van der Waals surface area contributed by atoms with Crippen molar-refractivity contribution < 1.29 is 0 Å². The van der Waals surface area contributed by atoms with E-state index in [1.54, 1.807) is 5.56 Å². The van der Waals surface area contributed by atoms with Crippen molar-refractivity contribution in [2.24, 2.45) is 17.8 Å². The van der Waals surface area contributed by atoms with Crippen LogP contribution in [-0.2, 0) is 6.42 Å². The molecule has 156 valence electrons. The van der Waals surface area contributed by atoms with E-state index in [0.29, 0.717) is 5.92 Å². The standard InChI is InChI=1S/C29H40/c1-21-4-10-25(11-5-21)23(3)20-24-8-14-27(15-9-24)29-18-16-28(17-19-29)26-12-6-22(2)7-13-26/h4-5,8-11,14-15,22-23,26,28-29H,6-7,12-13,16-20H2,1-3H3/t22?,23-,26?,28?,29?/m1/s1. The molecule has 0 N–H and O–H groups in total. The Labute approximate surface area is 179 Å². The second-order valence-corrected chi connectivity index (χ2v) is 10.4. The Kier molecular flexibility index (Phi) is 6.78. The molecule has 2 aliphatic rings. The SMILES string of the molecule is Cc1ccc([C@H](C)Cc2ccc(C3CCC(C4CCC(C)CC4)CC3)cc2)cc1. The summed E-state index contributed by atoms with van der Waals surface area (Å²) in [5.74, 6) is 4.42. The second-order valence-electron chi connectivity index (χ2n) is 10.4. The Balaban J connectivity index is 1.29. The van der Waals surface area contributed by atoms with Crippen LogP contribution in [0.1, 0.15) is 99.3 Å². The molecule has 0 heteroatoms. The van der Waals surface area contributed by atoms with Gasteiger partial charge in [0.25, 0.3) is 0 Å². The first-order valence-electron chi connectivity index (χ1n) is 12.2. The summed E-state index contributed by atoms with van der Waals surface area (Å²) in [4.78, 5) is 0. The fraction of sp³-hybridized carbons (Fsp3) is 0.586. The molecule has 0 aliphatic heterocycles. The predicted octanol–water partition coefficient (Wildman–Crippen LogP) is 8.44. The fourth-order valence-electron chi connectivity index (χ4n) is 5.97. The molecule has 2 fully saturated rings. The molecule has 0 amide bonds. The summed E-state index contributed by atoms with van der Waals surface area (Å²) in [7, 11) is 0. The Morgan fingerprint density at radius 3 is 1.86 bits per heavy atom. The first-order chi connectivity index (χ1) is 14.1. The lowest BCUT2D eigenvalue weighted by Crippen LogP contribution is -2.24. The van der Waals surface area contributed by atoms with Gasteiger partial charge in [-0.2, -0.15) is 0 Å². The van der Waals surface area contributed by atoms with E-state index in [-0.39, 0.29) is 0 Å². The molecule has 0 nitrogen and oxygen atoms in total. The van der Waals surface area contributed by atoms with Crippen LogP contribution in [0, 0.1) is 24.7 Å². The number of aryl methyl sites for hydroxylation is 1. The maximum atomic E-state index is 2.44. The minimum absolute atomic E-state index is 0.579. The van der Waals surface area contributed by atoms with Crippen molar-refractivity contribution in [3.05, 3.63) is 70.8 Å². The maximum Gasteiger partial charge on any atom is -0.0150 e. The van der Waals surface area contributed by atoms with Crippen molar-refractivity contribution in [3.8, 4) is 0 Å². The van der Waals surface area contributed by atoms with Gasteiger partial charge in [0.15, 0.2) is 0 Å². The van der Waals surface area contributed by atoms with Crippen LogP contribution < -0.4 is 0 Å². The monoisotopic (exact) mass is 388 g/mol. The lowest BCUT2D eigenvalue weighted by molar-refractivity contribution is 0.165. The molecular formula is C29H40. The van der Waals surface area contributed by atoms with Gasteiger partial charge in [0, 0.05) is 0 Å². The highest BCUT2D eigenvalue weighted by molar-refractivity contribution is 5.29. The minimum Gasteiger partial charge on any atom is -0.0625 e. The van der Waals surface area contributed by atoms with Crippen LogP contribution in [0.25, 0.3) is 0 Å². The van der Waals surface area contributed by atoms with Gasteiger partial charge in [-0.15, -0.1) is 0 Å². The van der Waals surface area contributed by atoms with Crippen molar-refractivity contribution in [3.63, 3.8) is 0 Å². The summed E-state index contributed by atoms with van der Waals surface area (Å²) in [5, 5.41) is 0. The Bertz CT molecular complexity index is 738. The molecule has 0 saturated heterocycles. The van der Waals surface area contributed by atoms with E-state index < -0.39 is 0 Å². The van der Waals surface area contributed by atoms with Crippen LogP contribution in [-0.4, -0.2) is 0 Å². The average molecular weight is 389 g/mol. The van der Waals surface area contributed by atoms with Gasteiger partial charge in [-0.3, -0.25) is 0 Å². The molecule has 0 radical (unpaired) electrons. The van der Waals surface area contributed by atoms with Crippen LogP contribution in [0.15, 0.2) is 48.5 Å². The zero-order chi connectivity index (χ0) is 20.2. The lowest BCUT2D eigenvalue weighted by atomic mass is 9.68. The molecule has 2 saturated carbocycles. The summed E-state index contributed by atoms with van der Waals surface area (Å²) in [6, 6.07) is 18.7. The summed E-state index contributed by atoms with van der Waals surface area (Å²) >= 11 is 0. The lowest BCUT2D eigenvalue weighted by Gasteiger charge is -2.37. The van der Waals surface area contributed by atoms with Gasteiger partial charge in [0.1, 0.15) is 0 Å². The average Bonchev–Trinajstić information content (AvgIpc) is 2.75. The number of hydrogen-bond donors (Lipinski definition) is 0. The highest BCUT2D eigenvalue weighted by atomic mass is 14.4. The summed E-state index contributed by atoms with van der Waals surface area (Å²) in [6.45, 7) is 6.96. The molecule has 2 aromatic rings. The normalized spacial score (nSPS) is 28.8. The highest BCUT2D eigenvalue weighted by Gasteiger charge is 2.30. The van der Waals surface area contributed by atoms with Crippen LogP contribution >= 0.6 is 0 Å². The topological polar surface area (TPSA) is 0 Å². The van der Waals surface area contributed by atoms with Crippen molar-refractivity contribution in [2.75, 3.05) is 0 Å². The third-order valence-corrected chi connectivity index (χ3v) is 8.14. The Morgan fingerprint density at radius 2 is 1.28 bits per heavy atom. The van der Waals surface area contributed by atoms with Gasteiger partial charge in [0.05, 0.1) is 0 Å². The van der Waals surface area contributed by atoms with Crippen LogP contribution in [0.4, 0.5) is 0 Å². The van der Waals surface area contributed by atoms with Crippen molar-refractivity contribution in [1.29, 1.82) is 0 Å². The van der Waals surface area contributed by atoms with Gasteiger partial charge in [-0.25, -0.2) is 0 Å². The third-order valence-electron chi connectivity index (χ3n) is 8.14. The quantitative estimate of drug-likeness (QED) is 0.482. The summed E-state index contributed by atoms with van der Waals surface area (Å²) in [6.07, 6.45) is 12.9. The van der Waals surface area contributed by atoms with Gasteiger partial charge in [-0.1, -0.05) is 80.8 Å². The molecule has 2 aliphatic carbocycles. The second kappa shape index (κ2) is 9.50. The first-order valence-corrected chi connectivity index (χ1v) is 12.2. The molecule has 0 spiro atoms. The van der Waals surface area contributed by atoms with Gasteiger partial charge < -0.3 is 0 Å². The third kappa shape index (κ3) is 5.33. The fourth-order valence-corrected chi connectivity index (χ4v) is 5.97. The van der Waals surface area contributed by atoms with Crippen LogP contribution in [0.5, 0.6) is 0 Å². The van der Waals surface area contributed by atoms with E-state index in [4.69, 9.17) is 0 Å². The summed E-state index contributed by atoms with van der Waals surface area (Å²) in [5.41, 5.74) is 5.87. The molecule has 0 aromatic heterocycles. The van der Waals surface area contributed by atoms with Gasteiger partial charge in [0.2, 0.25) is 0 Å². The highest BCUT2D eigenvalue weighted by Crippen LogP contribution is 2.43. The summed E-state index contributed by atoms with van der Waals surface area (Å²) < 4.78 is 0. The smallest absolute Gasteiger partial charge is 0.0150 e. The van der Waals surface area contributed by atoms with E-state index in [2.05, 4.69) is 69.3 Å². The largest absolute Gasteiger partial charge is 0.0625 e. The van der Waals surface area contributed by atoms with Crippen LogP contribution in [0.2, 0.25) is 0 Å². The number of hydrogen-bond acceptors (Lipinski definition) is 0. The molecule has 29 heavy (non-hydrogen) atoms. The first kappa shape index (κ1) is 20.7. The van der Waals surface area contributed by atoms with Crippen LogP contribution in [0.3, 0.4) is 0 Å². The maximum absolute atomic E-state index is 2.44. The van der Waals surface area contributed by atoms with Gasteiger partial charge in [-0.05, 0) is 98.1 Å². The molecule has 1 atom stereocenters.